The molecule has 5 rings (SSSR count). The van der Waals surface area contributed by atoms with Crippen LogP contribution in [0, 0.1) is 47.3 Å². The number of allylic oxidation sites excluding steroid dienone is 4. The molecular weight excluding hydrogens is 961 g/mol. The third kappa shape index (κ3) is 14.5. The van der Waals surface area contributed by atoms with E-state index in [4.69, 9.17) is 47.4 Å². The number of carbonyl (C=O) groups excluding carboxylic acids is 2. The van der Waals surface area contributed by atoms with Crippen molar-refractivity contribution < 1.29 is 87.6 Å². The van der Waals surface area contributed by atoms with Crippen molar-refractivity contribution in [3.63, 3.8) is 0 Å². The molecule has 0 bridgehead atoms. The van der Waals surface area contributed by atoms with Gasteiger partial charge < -0.3 is 78.0 Å². The minimum Gasteiger partial charge on any atom is -0.458 e. The van der Waals surface area contributed by atoms with E-state index in [9.17, 15) is 40.2 Å². The van der Waals surface area contributed by atoms with Crippen LogP contribution in [0.5, 0.6) is 0 Å². The van der Waals surface area contributed by atoms with Crippen molar-refractivity contribution in [1.29, 1.82) is 0 Å². The number of hydrogen-bond acceptors (Lipinski definition) is 18. The molecule has 74 heavy (non-hydrogen) atoms. The second-order valence-corrected chi connectivity index (χ2v) is 22.0. The molecule has 0 aromatic carbocycles. The fraction of sp³-hybridized carbons (Fsp3) is 0.821. The summed E-state index contributed by atoms with van der Waals surface area (Å²) in [7, 11) is 3.05. The van der Waals surface area contributed by atoms with Gasteiger partial charge in [0.2, 0.25) is 0 Å². The van der Waals surface area contributed by atoms with Crippen molar-refractivity contribution in [1.82, 2.24) is 0 Å². The molecule has 26 atom stereocenters. The molecule has 18 heteroatoms. The summed E-state index contributed by atoms with van der Waals surface area (Å²) in [4.78, 5) is 27.3. The molecule has 0 spiro atoms. The zero-order valence-electron chi connectivity index (χ0n) is 46.3. The molecular formula is C56H92O18. The summed E-state index contributed by atoms with van der Waals surface area (Å²) in [6.45, 7) is 22.3. The largest absolute Gasteiger partial charge is 0.458 e. The smallest absolute Gasteiger partial charge is 0.331 e. The summed E-state index contributed by atoms with van der Waals surface area (Å²) >= 11 is 0. The Labute approximate surface area is 439 Å². The standard InChI is InChI=1S/C56H92O18/c1-15-39-35(9)73-55(65-13,27-43(39)69-47-25-41(57)51(63)37(11)67-47)33(7)49(61)31(5)53-29(3)21-17-19-24-46(60)72-54(30(4)22-18-20-23-45(59)71-53)32(6)50(62)34(8)56(66-14)28-44(40(16-2)36(10)74-56)70-48-26-42(58)52(64)38(12)68-48/h17-24,29-44,47-54,57-58,61-64H,15-16,25-28H2,1-14H3/b21-17+,22-18+,23-20+,24-19+/t29-,30-,31-,32-,33-,34-,35+,36+,37-,38-,39+,40+,41-,42-,43+,44+,47-,48+,49+,50+,51+,52+,53-,54-,55+,56+/m0/s1. The van der Waals surface area contributed by atoms with Crippen molar-refractivity contribution in [2.45, 2.75) is 231 Å². The number of cyclic esters (lactones) is 2. The number of aliphatic hydroxyl groups excluding tert-OH is 6. The van der Waals surface area contributed by atoms with Gasteiger partial charge in [0.25, 0.3) is 0 Å². The van der Waals surface area contributed by atoms with Gasteiger partial charge in [0.1, 0.15) is 24.4 Å². The lowest BCUT2D eigenvalue weighted by Gasteiger charge is -2.52. The van der Waals surface area contributed by atoms with Crippen LogP contribution in [-0.4, -0.2) is 166 Å². The minimum absolute atomic E-state index is 0.0684. The van der Waals surface area contributed by atoms with Crippen molar-refractivity contribution in [2.75, 3.05) is 14.2 Å². The molecule has 0 saturated carbocycles. The van der Waals surface area contributed by atoms with Gasteiger partial charge in [0.15, 0.2) is 24.2 Å². The summed E-state index contributed by atoms with van der Waals surface area (Å²) in [5, 5.41) is 66.0. The Morgan fingerprint density at radius 3 is 1.24 bits per heavy atom. The zero-order chi connectivity index (χ0) is 55.0. The number of ether oxygens (including phenoxy) is 10. The molecule has 0 aromatic heterocycles. The first kappa shape index (κ1) is 62.2. The number of hydrogen-bond donors (Lipinski definition) is 6. The van der Waals surface area contributed by atoms with Crippen LogP contribution in [0.15, 0.2) is 48.6 Å². The van der Waals surface area contributed by atoms with Crippen LogP contribution in [0.3, 0.4) is 0 Å². The molecule has 18 nitrogen and oxygen atoms in total. The van der Waals surface area contributed by atoms with E-state index in [0.717, 1.165) is 0 Å². The molecule has 5 aliphatic heterocycles. The zero-order valence-corrected chi connectivity index (χ0v) is 46.3. The van der Waals surface area contributed by atoms with Gasteiger partial charge >= 0.3 is 11.9 Å². The predicted molar refractivity (Wildman–Crippen MR) is 272 cm³/mol. The van der Waals surface area contributed by atoms with Crippen molar-refractivity contribution in [3.05, 3.63) is 48.6 Å². The Balaban J connectivity index is 1.31. The molecule has 0 amide bonds. The quantitative estimate of drug-likeness (QED) is 0.106. The first-order valence-electron chi connectivity index (χ1n) is 27.1. The highest BCUT2D eigenvalue weighted by molar-refractivity contribution is 5.83. The summed E-state index contributed by atoms with van der Waals surface area (Å²) < 4.78 is 62.8. The highest BCUT2D eigenvalue weighted by Gasteiger charge is 2.55. The Morgan fingerprint density at radius 1 is 0.581 bits per heavy atom. The second-order valence-electron chi connectivity index (χ2n) is 22.0. The Bertz CT molecular complexity index is 1740. The van der Waals surface area contributed by atoms with E-state index in [2.05, 4.69) is 0 Å². The average molecular weight is 1050 g/mol. The molecule has 4 saturated heterocycles. The maximum absolute atomic E-state index is 13.6. The summed E-state index contributed by atoms with van der Waals surface area (Å²) in [6.07, 6.45) is 2.08. The maximum Gasteiger partial charge on any atom is 0.331 e. The third-order valence-corrected chi connectivity index (χ3v) is 17.1. The lowest BCUT2D eigenvalue weighted by molar-refractivity contribution is -0.352. The first-order valence-corrected chi connectivity index (χ1v) is 27.1. The molecule has 5 aliphatic rings. The second kappa shape index (κ2) is 27.3. The van der Waals surface area contributed by atoms with E-state index in [1.807, 2.05) is 55.4 Å². The van der Waals surface area contributed by atoms with E-state index < -0.39 is 145 Å². The van der Waals surface area contributed by atoms with E-state index in [-0.39, 0.29) is 49.7 Å². The SMILES string of the molecule is CC[C@@H]1[C@@H](C)O[C@@](OC)([C@@H](C)[C@H](O)[C@H](C)[C@H]2OC(=O)/C=C/C=C/[C@H](C)[C@@H]([C@@H](C)[C@@H](O)[C@H](C)[C@@]3(OC)C[C@@H](O[C@H]4C[C@H](O)[C@H](O)[C@H](C)O4)[C@H](CC)[C@@H](C)O3)OC(=O)/C=C/C=C/[C@@H]2C)C[C@H]1O[C@@H]1C[C@H](O)[C@H](O)[C@H](C)O1. The molecule has 5 heterocycles. The lowest BCUT2D eigenvalue weighted by atomic mass is 9.76. The molecule has 0 radical (unpaired) electrons. The highest BCUT2D eigenvalue weighted by atomic mass is 16.7. The van der Waals surface area contributed by atoms with Gasteiger partial charge in [-0.3, -0.25) is 0 Å². The summed E-state index contributed by atoms with van der Waals surface area (Å²) in [5.41, 5.74) is 0. The lowest BCUT2D eigenvalue weighted by Crippen LogP contribution is -2.60. The van der Waals surface area contributed by atoms with Gasteiger partial charge in [0.05, 0.1) is 61.0 Å². The molecule has 0 unspecified atom stereocenters. The Morgan fingerprint density at radius 2 is 0.932 bits per heavy atom. The minimum atomic E-state index is -1.33. The van der Waals surface area contributed by atoms with Gasteiger partial charge in [-0.15, -0.1) is 0 Å². The fourth-order valence-electron chi connectivity index (χ4n) is 12.2. The third-order valence-electron chi connectivity index (χ3n) is 17.1. The van der Waals surface area contributed by atoms with Gasteiger partial charge in [-0.25, -0.2) is 9.59 Å². The average Bonchev–Trinajstić information content (AvgIpc) is 3.36. The molecule has 0 aliphatic carbocycles. The van der Waals surface area contributed by atoms with Gasteiger partial charge in [-0.2, -0.15) is 0 Å². The van der Waals surface area contributed by atoms with Gasteiger partial charge in [-0.1, -0.05) is 91.8 Å². The molecule has 4 fully saturated rings. The van der Waals surface area contributed by atoms with Crippen molar-refractivity contribution in [2.24, 2.45) is 47.3 Å². The molecule has 424 valence electrons. The Kier molecular flexibility index (Phi) is 22.9. The summed E-state index contributed by atoms with van der Waals surface area (Å²) in [6, 6.07) is 0. The van der Waals surface area contributed by atoms with E-state index >= 15 is 0 Å². The van der Waals surface area contributed by atoms with Crippen LogP contribution in [0.25, 0.3) is 0 Å². The van der Waals surface area contributed by atoms with E-state index in [0.29, 0.717) is 12.8 Å². The summed E-state index contributed by atoms with van der Waals surface area (Å²) in [5.74, 6) is -7.70. The maximum atomic E-state index is 13.6. The number of methoxy groups -OCH3 is 2. The predicted octanol–water partition coefficient (Wildman–Crippen LogP) is 5.43. The van der Waals surface area contributed by atoms with Crippen molar-refractivity contribution in [3.8, 4) is 0 Å². The monoisotopic (exact) mass is 1050 g/mol. The van der Waals surface area contributed by atoms with Crippen LogP contribution in [0.2, 0.25) is 0 Å². The number of esters is 2. The van der Waals surface area contributed by atoms with Crippen LogP contribution >= 0.6 is 0 Å². The van der Waals surface area contributed by atoms with Gasteiger partial charge in [0, 0.05) is 99.4 Å². The van der Waals surface area contributed by atoms with Crippen LogP contribution in [0.4, 0.5) is 0 Å². The highest BCUT2D eigenvalue weighted by Crippen LogP contribution is 2.47. The van der Waals surface area contributed by atoms with Crippen molar-refractivity contribution >= 4 is 11.9 Å². The fourth-order valence-corrected chi connectivity index (χ4v) is 12.2. The molecule has 6 N–H and O–H groups in total. The van der Waals surface area contributed by atoms with Crippen LogP contribution in [0.1, 0.15) is 122 Å². The van der Waals surface area contributed by atoms with E-state index in [1.54, 1.807) is 52.0 Å². The number of rotatable bonds is 16. The topological polar surface area (TPSA) is 248 Å². The first-order chi connectivity index (χ1) is 34.9. The number of carbonyl (C=O) groups is 2. The normalized spacial score (nSPS) is 45.1. The molecule has 0 aromatic rings. The van der Waals surface area contributed by atoms with Gasteiger partial charge in [-0.05, 0) is 40.5 Å². The Hall–Kier alpha value is -2.66. The van der Waals surface area contributed by atoms with Crippen LogP contribution < -0.4 is 0 Å². The van der Waals surface area contributed by atoms with E-state index in [1.165, 1.54) is 38.5 Å². The number of aliphatic hydroxyl groups is 6. The van der Waals surface area contributed by atoms with Crippen LogP contribution in [-0.2, 0) is 57.0 Å².